The molecule has 0 unspecified atom stereocenters. The van der Waals surface area contributed by atoms with Crippen LogP contribution in [0.1, 0.15) is 16.1 Å². The zero-order valence-electron chi connectivity index (χ0n) is 6.94. The molecule has 0 aromatic carbocycles. The summed E-state index contributed by atoms with van der Waals surface area (Å²) < 4.78 is 13.2. The summed E-state index contributed by atoms with van der Waals surface area (Å²) in [6.45, 7) is 0. The van der Waals surface area contributed by atoms with Gasteiger partial charge in [-0.15, -0.1) is 0 Å². The number of halogens is 1. The van der Waals surface area contributed by atoms with Crippen LogP contribution >= 0.6 is 0 Å². The minimum atomic E-state index is -1.36. The fourth-order valence-electron chi connectivity index (χ4n) is 0.857. The maximum absolute atomic E-state index is 13.2. The first kappa shape index (κ1) is 9.86. The Bertz CT molecular complexity index is 435. The molecule has 70 valence electrons. The molecule has 0 fully saturated rings. The molecule has 0 radical (unpaired) electrons. The number of carbonyl (C=O) groups is 1. The second-order valence-corrected chi connectivity index (χ2v) is 2.33. The smallest absolute Gasteiger partial charge is 0.338 e. The van der Waals surface area contributed by atoms with Crippen molar-refractivity contribution in [3.8, 4) is 6.07 Å². The molecule has 1 N–H and O–H groups in total. The normalized spacial score (nSPS) is 10.0. The van der Waals surface area contributed by atoms with Gasteiger partial charge in [-0.2, -0.15) is 5.26 Å². The zero-order chi connectivity index (χ0) is 10.6. The number of pyridine rings is 1. The van der Waals surface area contributed by atoms with Gasteiger partial charge in [-0.25, -0.2) is 9.18 Å². The summed E-state index contributed by atoms with van der Waals surface area (Å²) in [7, 11) is 0. The number of aromatic nitrogens is 1. The Labute approximate surface area is 78.9 Å². The van der Waals surface area contributed by atoms with E-state index >= 15 is 0 Å². The van der Waals surface area contributed by atoms with Crippen LogP contribution in [0.4, 0.5) is 4.39 Å². The Morgan fingerprint density at radius 2 is 2.43 bits per heavy atom. The third-order valence-corrected chi connectivity index (χ3v) is 1.46. The fourth-order valence-corrected chi connectivity index (χ4v) is 0.857. The van der Waals surface area contributed by atoms with Gasteiger partial charge in [0.25, 0.3) is 0 Å². The number of nitriles is 1. The van der Waals surface area contributed by atoms with E-state index in [1.54, 1.807) is 6.07 Å². The maximum atomic E-state index is 13.2. The molecule has 0 spiro atoms. The summed E-state index contributed by atoms with van der Waals surface area (Å²) in [5.74, 6) is -2.30. The molecule has 1 rings (SSSR count). The lowest BCUT2D eigenvalue weighted by Gasteiger charge is -1.98. The van der Waals surface area contributed by atoms with Crippen molar-refractivity contribution in [2.45, 2.75) is 0 Å². The average Bonchev–Trinajstić information content (AvgIpc) is 2.16. The molecule has 4 nitrogen and oxygen atoms in total. The Balaban J connectivity index is 3.22. The lowest BCUT2D eigenvalue weighted by atomic mass is 10.2. The first-order valence-electron chi connectivity index (χ1n) is 3.60. The van der Waals surface area contributed by atoms with Gasteiger partial charge in [-0.3, -0.25) is 4.98 Å². The van der Waals surface area contributed by atoms with E-state index in [0.717, 1.165) is 18.2 Å². The third kappa shape index (κ3) is 1.93. The van der Waals surface area contributed by atoms with Crippen molar-refractivity contribution in [2.24, 2.45) is 0 Å². The van der Waals surface area contributed by atoms with E-state index in [9.17, 15) is 9.18 Å². The predicted molar refractivity (Wildman–Crippen MR) is 45.8 cm³/mol. The van der Waals surface area contributed by atoms with E-state index in [2.05, 4.69) is 4.98 Å². The molecule has 1 aromatic rings. The summed E-state index contributed by atoms with van der Waals surface area (Å²) in [5, 5.41) is 16.8. The standard InChI is InChI=1S/C9H5FN2O2/c10-8-6(9(13)14)3-5-12-7(8)2-1-4-11/h1-3,5H,(H,13,14). The molecule has 0 atom stereocenters. The number of carboxylic acids is 1. The van der Waals surface area contributed by atoms with Crippen LogP contribution < -0.4 is 0 Å². The number of allylic oxidation sites excluding steroid dienone is 1. The highest BCUT2D eigenvalue weighted by Gasteiger charge is 2.12. The summed E-state index contributed by atoms with van der Waals surface area (Å²) in [6, 6.07) is 2.71. The predicted octanol–water partition coefficient (Wildman–Crippen LogP) is 1.46. The van der Waals surface area contributed by atoms with Crippen LogP contribution in [0.2, 0.25) is 0 Å². The largest absolute Gasteiger partial charge is 0.478 e. The van der Waals surface area contributed by atoms with Gasteiger partial charge in [-0.1, -0.05) is 0 Å². The van der Waals surface area contributed by atoms with Crippen molar-refractivity contribution >= 4 is 12.0 Å². The van der Waals surface area contributed by atoms with Crippen LogP contribution in [0, 0.1) is 17.1 Å². The lowest BCUT2D eigenvalue weighted by Crippen LogP contribution is -2.03. The monoisotopic (exact) mass is 192 g/mol. The number of hydrogen-bond acceptors (Lipinski definition) is 3. The van der Waals surface area contributed by atoms with Gasteiger partial charge >= 0.3 is 5.97 Å². The zero-order valence-corrected chi connectivity index (χ0v) is 6.94. The summed E-state index contributed by atoms with van der Waals surface area (Å²) in [4.78, 5) is 14.1. The molecule has 0 bridgehead atoms. The van der Waals surface area contributed by atoms with Crippen molar-refractivity contribution in [1.82, 2.24) is 4.98 Å². The van der Waals surface area contributed by atoms with Crippen LogP contribution in [0.25, 0.3) is 6.08 Å². The minimum Gasteiger partial charge on any atom is -0.478 e. The van der Waals surface area contributed by atoms with E-state index in [1.807, 2.05) is 0 Å². The van der Waals surface area contributed by atoms with Crippen LogP contribution in [0.5, 0.6) is 0 Å². The van der Waals surface area contributed by atoms with Crippen molar-refractivity contribution in [3.05, 3.63) is 35.4 Å². The van der Waals surface area contributed by atoms with Gasteiger partial charge in [0.15, 0.2) is 5.82 Å². The Kier molecular flexibility index (Phi) is 2.92. The molecular weight excluding hydrogens is 187 g/mol. The third-order valence-electron chi connectivity index (χ3n) is 1.46. The van der Waals surface area contributed by atoms with E-state index < -0.39 is 17.3 Å². The van der Waals surface area contributed by atoms with Crippen LogP contribution in [-0.2, 0) is 0 Å². The number of rotatable bonds is 2. The van der Waals surface area contributed by atoms with Crippen molar-refractivity contribution < 1.29 is 14.3 Å². The fraction of sp³-hybridized carbons (Fsp3) is 0. The Hall–Kier alpha value is -2.22. The average molecular weight is 192 g/mol. The first-order valence-corrected chi connectivity index (χ1v) is 3.60. The molecule has 0 aliphatic carbocycles. The van der Waals surface area contributed by atoms with Gasteiger partial charge in [-0.05, 0) is 12.1 Å². The van der Waals surface area contributed by atoms with E-state index in [0.29, 0.717) is 0 Å². The Morgan fingerprint density at radius 3 is 3.00 bits per heavy atom. The van der Waals surface area contributed by atoms with Crippen LogP contribution in [0.15, 0.2) is 18.3 Å². The number of aromatic carboxylic acids is 1. The minimum absolute atomic E-state index is 0.161. The highest BCUT2D eigenvalue weighted by atomic mass is 19.1. The van der Waals surface area contributed by atoms with Crippen molar-refractivity contribution in [3.63, 3.8) is 0 Å². The van der Waals surface area contributed by atoms with Crippen LogP contribution in [-0.4, -0.2) is 16.1 Å². The SMILES string of the molecule is N#CC=Cc1nccc(C(=O)O)c1F. The molecule has 0 amide bonds. The second kappa shape index (κ2) is 4.14. The van der Waals surface area contributed by atoms with E-state index in [4.69, 9.17) is 10.4 Å². The van der Waals surface area contributed by atoms with Gasteiger partial charge in [0, 0.05) is 12.3 Å². The maximum Gasteiger partial charge on any atom is 0.338 e. The molecule has 1 heterocycles. The van der Waals surface area contributed by atoms with Crippen molar-refractivity contribution in [2.75, 3.05) is 0 Å². The molecule has 0 aliphatic rings. The molecule has 14 heavy (non-hydrogen) atoms. The number of carboxylic acid groups (broad SMARTS) is 1. The second-order valence-electron chi connectivity index (χ2n) is 2.33. The molecular formula is C9H5FN2O2. The lowest BCUT2D eigenvalue weighted by molar-refractivity contribution is 0.0691. The quantitative estimate of drug-likeness (QED) is 0.719. The van der Waals surface area contributed by atoms with E-state index in [1.165, 1.54) is 6.20 Å². The summed E-state index contributed by atoms with van der Waals surface area (Å²) in [6.07, 6.45) is 3.31. The summed E-state index contributed by atoms with van der Waals surface area (Å²) in [5.41, 5.74) is -0.621. The first-order chi connectivity index (χ1) is 6.66. The molecule has 1 aromatic heterocycles. The highest BCUT2D eigenvalue weighted by Crippen LogP contribution is 2.11. The number of nitrogens with zero attached hydrogens (tertiary/aromatic N) is 2. The highest BCUT2D eigenvalue weighted by molar-refractivity contribution is 5.88. The Morgan fingerprint density at radius 1 is 1.71 bits per heavy atom. The molecule has 0 aliphatic heterocycles. The van der Waals surface area contributed by atoms with Crippen LogP contribution in [0.3, 0.4) is 0 Å². The van der Waals surface area contributed by atoms with E-state index in [-0.39, 0.29) is 5.69 Å². The molecule has 0 saturated carbocycles. The van der Waals surface area contributed by atoms with Gasteiger partial charge in [0.1, 0.15) is 5.69 Å². The van der Waals surface area contributed by atoms with Gasteiger partial charge in [0.2, 0.25) is 0 Å². The van der Waals surface area contributed by atoms with Crippen molar-refractivity contribution in [1.29, 1.82) is 5.26 Å². The van der Waals surface area contributed by atoms with Gasteiger partial charge in [0.05, 0.1) is 11.6 Å². The topological polar surface area (TPSA) is 74.0 Å². The molecule has 5 heteroatoms. The molecule has 0 saturated heterocycles. The van der Waals surface area contributed by atoms with Gasteiger partial charge < -0.3 is 5.11 Å². The summed E-state index contributed by atoms with van der Waals surface area (Å²) >= 11 is 0. The number of hydrogen-bond donors (Lipinski definition) is 1.